The molecule has 0 heterocycles. The van der Waals surface area contributed by atoms with Crippen LogP contribution < -0.4 is 0 Å². The molecule has 1 aliphatic carbocycles. The van der Waals surface area contributed by atoms with Gasteiger partial charge in [-0.25, -0.2) is 4.79 Å². The first-order valence-corrected chi connectivity index (χ1v) is 20.0. The van der Waals surface area contributed by atoms with Gasteiger partial charge in [0, 0.05) is 23.7 Å². The number of methoxy groups -OCH3 is 1. The second-order valence-corrected chi connectivity index (χ2v) is 18.9. The van der Waals surface area contributed by atoms with Crippen LogP contribution in [0.15, 0.2) is 53.1 Å². The van der Waals surface area contributed by atoms with Crippen LogP contribution in [0.1, 0.15) is 97.5 Å². The summed E-state index contributed by atoms with van der Waals surface area (Å²) in [5.74, 6) is 0.806. The molecule has 242 valence electrons. The summed E-state index contributed by atoms with van der Waals surface area (Å²) in [4.78, 5) is 25.3. The Morgan fingerprint density at radius 3 is 2.47 bits per heavy atom. The Balaban J connectivity index is 2.13. The van der Waals surface area contributed by atoms with Gasteiger partial charge >= 0.3 is 11.9 Å². The minimum absolute atomic E-state index is 0.0357. The van der Waals surface area contributed by atoms with Crippen molar-refractivity contribution < 1.29 is 28.6 Å². The molecule has 0 bridgehead atoms. The monoisotopic (exact) mass is 632 g/mol. The molecular formula is C35H56O6SSi. The number of unbranched alkanes of at least 4 members (excludes halogenated alkanes) is 4. The number of hydrogen-bond acceptors (Lipinski definition) is 7. The highest BCUT2D eigenvalue weighted by Crippen LogP contribution is 2.46. The van der Waals surface area contributed by atoms with Crippen molar-refractivity contribution in [1.29, 1.82) is 0 Å². The van der Waals surface area contributed by atoms with Crippen LogP contribution in [0.25, 0.3) is 0 Å². The Hall–Kier alpha value is -1.87. The van der Waals surface area contributed by atoms with E-state index in [1.165, 1.54) is 25.5 Å². The molecule has 1 aromatic carbocycles. The molecule has 0 saturated carbocycles. The predicted octanol–water partition coefficient (Wildman–Crippen LogP) is 8.75. The molecule has 1 N–H and O–H groups in total. The van der Waals surface area contributed by atoms with Crippen molar-refractivity contribution >= 4 is 32.0 Å². The van der Waals surface area contributed by atoms with E-state index in [0.29, 0.717) is 25.7 Å². The van der Waals surface area contributed by atoms with Gasteiger partial charge in [-0.05, 0) is 80.8 Å². The van der Waals surface area contributed by atoms with Crippen molar-refractivity contribution in [3.63, 3.8) is 0 Å². The van der Waals surface area contributed by atoms with Gasteiger partial charge in [-0.1, -0.05) is 76.6 Å². The van der Waals surface area contributed by atoms with Crippen molar-refractivity contribution in [3.05, 3.63) is 58.7 Å². The van der Waals surface area contributed by atoms with Crippen LogP contribution in [0.3, 0.4) is 0 Å². The number of aryl methyl sites for hydroxylation is 1. The van der Waals surface area contributed by atoms with Crippen molar-refractivity contribution in [2.75, 3.05) is 12.9 Å². The summed E-state index contributed by atoms with van der Waals surface area (Å²) < 4.78 is 17.6. The lowest BCUT2D eigenvalue weighted by Crippen LogP contribution is -2.45. The first-order valence-electron chi connectivity index (χ1n) is 16.1. The molecule has 0 fully saturated rings. The van der Waals surface area contributed by atoms with Crippen LogP contribution in [0.4, 0.5) is 0 Å². The topological polar surface area (TPSA) is 82.1 Å². The normalized spacial score (nSPS) is 18.3. The Labute approximate surface area is 266 Å². The quantitative estimate of drug-likeness (QED) is 0.0707. The summed E-state index contributed by atoms with van der Waals surface area (Å²) in [6, 6.07) is 10.7. The molecule has 0 spiro atoms. The third-order valence-electron chi connectivity index (χ3n) is 8.43. The van der Waals surface area contributed by atoms with E-state index in [1.807, 2.05) is 6.92 Å². The number of esters is 2. The number of rotatable bonds is 19. The van der Waals surface area contributed by atoms with E-state index >= 15 is 0 Å². The molecule has 0 radical (unpaired) electrons. The average Bonchev–Trinajstić information content (AvgIpc) is 3.25. The Morgan fingerprint density at radius 2 is 1.81 bits per heavy atom. The molecule has 0 saturated heterocycles. The van der Waals surface area contributed by atoms with Gasteiger partial charge in [-0.2, -0.15) is 0 Å². The van der Waals surface area contributed by atoms with Crippen LogP contribution in [0.5, 0.6) is 0 Å². The van der Waals surface area contributed by atoms with Gasteiger partial charge < -0.3 is 19.0 Å². The average molecular weight is 633 g/mol. The van der Waals surface area contributed by atoms with Crippen LogP contribution >= 0.6 is 11.8 Å². The Morgan fingerprint density at radius 1 is 1.09 bits per heavy atom. The van der Waals surface area contributed by atoms with E-state index in [-0.39, 0.29) is 23.0 Å². The van der Waals surface area contributed by atoms with E-state index in [1.54, 1.807) is 11.8 Å². The molecule has 2 rings (SSSR count). The van der Waals surface area contributed by atoms with E-state index in [2.05, 4.69) is 81.1 Å². The lowest BCUT2D eigenvalue weighted by Gasteiger charge is -2.39. The van der Waals surface area contributed by atoms with Crippen LogP contribution in [0, 0.1) is 5.92 Å². The van der Waals surface area contributed by atoms with Gasteiger partial charge in [0.25, 0.3) is 0 Å². The number of benzene rings is 1. The zero-order valence-electron chi connectivity index (χ0n) is 27.7. The molecule has 0 amide bonds. The number of aliphatic hydroxyl groups excluding tert-OH is 1. The van der Waals surface area contributed by atoms with Gasteiger partial charge in [0.15, 0.2) is 14.4 Å². The Kier molecular flexibility index (Phi) is 16.3. The van der Waals surface area contributed by atoms with E-state index < -0.39 is 20.4 Å². The van der Waals surface area contributed by atoms with Crippen LogP contribution in [0.2, 0.25) is 18.1 Å². The van der Waals surface area contributed by atoms with Gasteiger partial charge in [0.2, 0.25) is 0 Å². The fraction of sp³-hybridized carbons (Fsp3) is 0.657. The zero-order valence-corrected chi connectivity index (χ0v) is 29.5. The highest BCUT2D eigenvalue weighted by molar-refractivity contribution is 8.03. The van der Waals surface area contributed by atoms with E-state index in [4.69, 9.17) is 9.16 Å². The fourth-order valence-electron chi connectivity index (χ4n) is 4.84. The number of hydrogen-bond donors (Lipinski definition) is 1. The fourth-order valence-corrected chi connectivity index (χ4v) is 7.46. The van der Waals surface area contributed by atoms with Gasteiger partial charge in [-0.3, -0.25) is 4.79 Å². The predicted molar refractivity (Wildman–Crippen MR) is 180 cm³/mol. The third kappa shape index (κ3) is 12.9. The number of ether oxygens (including phenoxy) is 2. The molecule has 3 atom stereocenters. The summed E-state index contributed by atoms with van der Waals surface area (Å²) >= 11 is 1.72. The summed E-state index contributed by atoms with van der Waals surface area (Å²) in [6.45, 7) is 13.3. The molecule has 8 heteroatoms. The van der Waals surface area contributed by atoms with Crippen molar-refractivity contribution in [3.8, 4) is 0 Å². The summed E-state index contributed by atoms with van der Waals surface area (Å²) in [5.41, 5.74) is 1.39. The van der Waals surface area contributed by atoms with E-state index in [0.717, 1.165) is 48.5 Å². The Bertz CT molecular complexity index is 1050. The highest BCUT2D eigenvalue weighted by Gasteiger charge is 2.44. The largest absolute Gasteiger partial charge is 0.467 e. The molecule has 6 nitrogen and oxygen atoms in total. The first kappa shape index (κ1) is 37.3. The third-order valence-corrected chi connectivity index (χ3v) is 14.2. The first-order chi connectivity index (χ1) is 20.4. The number of aliphatic hydroxyl groups is 1. The summed E-state index contributed by atoms with van der Waals surface area (Å²) in [7, 11) is -0.789. The molecule has 1 unspecified atom stereocenters. The van der Waals surface area contributed by atoms with Gasteiger partial charge in [-0.15, -0.1) is 11.8 Å². The van der Waals surface area contributed by atoms with Crippen molar-refractivity contribution in [2.24, 2.45) is 5.92 Å². The second-order valence-electron chi connectivity index (χ2n) is 13.1. The van der Waals surface area contributed by atoms with Crippen molar-refractivity contribution in [1.82, 2.24) is 0 Å². The number of thioether (sulfide) groups is 1. The lowest BCUT2D eigenvalue weighted by molar-refractivity contribution is -0.150. The van der Waals surface area contributed by atoms with E-state index in [9.17, 15) is 14.7 Å². The van der Waals surface area contributed by atoms with Gasteiger partial charge in [0.05, 0.1) is 13.2 Å². The minimum atomic E-state index is -2.08. The smallest absolute Gasteiger partial charge is 0.334 e. The number of allylic oxidation sites excluding steroid dienone is 1. The number of carbonyl (C=O) groups excluding carboxylic acids is 2. The highest BCUT2D eigenvalue weighted by atomic mass is 32.2. The maximum atomic E-state index is 12.6. The SMILES string of the molecule is CCCC(=O)OC1=C(SCCCCC(O)C(=O)OC)[C@@H](C=CCCCCCc2ccccc2)[C@H](O[Si](C)(C)C(C)(C)C)C1. The zero-order chi connectivity index (χ0) is 31.9. The maximum Gasteiger partial charge on any atom is 0.334 e. The molecular weight excluding hydrogens is 577 g/mol. The molecule has 1 aliphatic rings. The summed E-state index contributed by atoms with van der Waals surface area (Å²) in [6.07, 6.45) is 12.7. The summed E-state index contributed by atoms with van der Waals surface area (Å²) in [5, 5.41) is 10.00. The molecule has 1 aromatic rings. The molecule has 43 heavy (non-hydrogen) atoms. The van der Waals surface area contributed by atoms with Gasteiger partial charge in [0.1, 0.15) is 5.76 Å². The van der Waals surface area contributed by atoms with Crippen molar-refractivity contribution in [2.45, 2.75) is 129 Å². The lowest BCUT2D eigenvalue weighted by atomic mass is 10.0. The van der Waals surface area contributed by atoms with Crippen LogP contribution in [-0.2, 0) is 29.9 Å². The number of carbonyl (C=O) groups is 2. The minimum Gasteiger partial charge on any atom is -0.467 e. The standard InChI is InChI=1S/C35H56O6SSi/c1-8-19-32(37)40-31-26-30(41-43(6,7)35(2,3)4)28(33(31)42-25-18-17-24-29(36)34(38)39-5)23-16-11-9-10-13-20-27-21-14-12-15-22-27/h12,14-16,21-23,28-30,36H,8-11,13,17-20,24-26H2,1-7H3/t28-,29?,30+/m0/s1. The molecule has 0 aliphatic heterocycles. The second kappa shape index (κ2) is 18.8. The van der Waals surface area contributed by atoms with Crippen LogP contribution in [-0.4, -0.2) is 50.4 Å². The molecule has 0 aromatic heterocycles. The maximum absolute atomic E-state index is 12.6.